The summed E-state index contributed by atoms with van der Waals surface area (Å²) in [4.78, 5) is 5.14. The summed E-state index contributed by atoms with van der Waals surface area (Å²) in [5.41, 5.74) is 1.16. The highest BCUT2D eigenvalue weighted by atomic mass is 16.6. The fourth-order valence-corrected chi connectivity index (χ4v) is 1.06. The van der Waals surface area contributed by atoms with Gasteiger partial charge in [0.25, 0.3) is 0 Å². The Bertz CT molecular complexity index is 277. The van der Waals surface area contributed by atoms with Crippen LogP contribution < -0.4 is 0 Å². The van der Waals surface area contributed by atoms with Crippen LogP contribution in [0.15, 0.2) is 35.5 Å². The van der Waals surface area contributed by atoms with E-state index in [-0.39, 0.29) is 0 Å². The Balaban J connectivity index is 1.73. The summed E-state index contributed by atoms with van der Waals surface area (Å²) in [6.07, 6.45) is 4.46. The number of hydrogen-bond donors (Lipinski definition) is 0. The Morgan fingerprint density at radius 2 is 2.08 bits per heavy atom. The molecule has 2 heteroatoms. The van der Waals surface area contributed by atoms with Gasteiger partial charge in [-0.2, -0.15) is 0 Å². The molecule has 1 aliphatic rings. The van der Waals surface area contributed by atoms with E-state index in [0.717, 1.165) is 5.56 Å². The highest BCUT2D eigenvalue weighted by Crippen LogP contribution is 2.26. The third kappa shape index (κ3) is 2.90. The van der Waals surface area contributed by atoms with Crippen LogP contribution in [0, 0.1) is 5.92 Å². The van der Waals surface area contributed by atoms with Crippen LogP contribution in [0.2, 0.25) is 0 Å². The van der Waals surface area contributed by atoms with E-state index >= 15 is 0 Å². The molecule has 1 aromatic rings. The van der Waals surface area contributed by atoms with Gasteiger partial charge in [-0.1, -0.05) is 35.5 Å². The molecule has 13 heavy (non-hydrogen) atoms. The second kappa shape index (κ2) is 4.08. The first kappa shape index (κ1) is 8.30. The van der Waals surface area contributed by atoms with E-state index in [1.165, 1.54) is 12.8 Å². The summed E-state index contributed by atoms with van der Waals surface area (Å²) in [5, 5.41) is 3.90. The zero-order valence-corrected chi connectivity index (χ0v) is 7.52. The van der Waals surface area contributed by atoms with Gasteiger partial charge >= 0.3 is 0 Å². The van der Waals surface area contributed by atoms with Gasteiger partial charge in [-0.15, -0.1) is 0 Å². The maximum absolute atomic E-state index is 5.14. The Morgan fingerprint density at radius 1 is 1.31 bits per heavy atom. The van der Waals surface area contributed by atoms with Crippen LogP contribution in [0.5, 0.6) is 0 Å². The highest BCUT2D eigenvalue weighted by molar-refractivity contribution is 5.62. The van der Waals surface area contributed by atoms with Crippen molar-refractivity contribution in [3.8, 4) is 0 Å². The van der Waals surface area contributed by atoms with Crippen molar-refractivity contribution in [3.05, 3.63) is 35.9 Å². The average molecular weight is 175 g/mol. The van der Waals surface area contributed by atoms with E-state index < -0.39 is 0 Å². The molecular formula is C11H13NO. The van der Waals surface area contributed by atoms with Gasteiger partial charge in [0.15, 0.2) is 0 Å². The quantitative estimate of drug-likeness (QED) is 0.509. The van der Waals surface area contributed by atoms with Gasteiger partial charge in [0, 0.05) is 6.21 Å². The molecular weight excluding hydrogens is 162 g/mol. The van der Waals surface area contributed by atoms with E-state index in [2.05, 4.69) is 5.16 Å². The lowest BCUT2D eigenvalue weighted by Crippen LogP contribution is -1.86. The van der Waals surface area contributed by atoms with Crippen molar-refractivity contribution in [3.63, 3.8) is 0 Å². The summed E-state index contributed by atoms with van der Waals surface area (Å²) >= 11 is 0. The summed E-state index contributed by atoms with van der Waals surface area (Å²) in [5.74, 6) is 0.691. The van der Waals surface area contributed by atoms with Crippen LogP contribution in [0.3, 0.4) is 0 Å². The van der Waals surface area contributed by atoms with Crippen molar-refractivity contribution in [2.45, 2.75) is 19.4 Å². The zero-order valence-electron chi connectivity index (χ0n) is 7.52. The molecule has 1 aromatic carbocycles. The normalized spacial score (nSPS) is 16.3. The number of benzene rings is 1. The molecule has 2 nitrogen and oxygen atoms in total. The van der Waals surface area contributed by atoms with Gasteiger partial charge in [-0.25, -0.2) is 0 Å². The fourth-order valence-electron chi connectivity index (χ4n) is 1.06. The molecule has 0 N–H and O–H groups in total. The minimum Gasteiger partial charge on any atom is -0.391 e. The van der Waals surface area contributed by atoms with Crippen LogP contribution in [-0.4, -0.2) is 6.21 Å². The summed E-state index contributed by atoms with van der Waals surface area (Å²) in [6.45, 7) is 0.573. The molecule has 0 heterocycles. The Labute approximate surface area is 78.2 Å². The van der Waals surface area contributed by atoms with Crippen molar-refractivity contribution >= 4 is 6.21 Å². The average Bonchev–Trinajstić information content (AvgIpc) is 2.98. The molecule has 1 aliphatic carbocycles. The standard InChI is InChI=1S/C11H13NO/c1-2-4-11(5-3-1)9-13-12-8-10-6-7-10/h1-5,8,10H,6-7,9H2/b12-8-. The van der Waals surface area contributed by atoms with Crippen LogP contribution in [-0.2, 0) is 11.4 Å². The minimum absolute atomic E-state index is 0.573. The second-order valence-corrected chi connectivity index (χ2v) is 3.35. The van der Waals surface area contributed by atoms with Crippen molar-refractivity contribution < 1.29 is 4.84 Å². The first-order chi connectivity index (χ1) is 6.45. The number of oxime groups is 1. The smallest absolute Gasteiger partial charge is 0.142 e. The predicted octanol–water partition coefficient (Wildman–Crippen LogP) is 2.60. The van der Waals surface area contributed by atoms with E-state index in [1.54, 1.807) is 0 Å². The Morgan fingerprint density at radius 3 is 2.77 bits per heavy atom. The first-order valence-electron chi connectivity index (χ1n) is 4.64. The van der Waals surface area contributed by atoms with Gasteiger partial charge in [-0.3, -0.25) is 0 Å². The lowest BCUT2D eigenvalue weighted by atomic mass is 10.2. The molecule has 1 saturated carbocycles. The lowest BCUT2D eigenvalue weighted by molar-refractivity contribution is 0.131. The predicted molar refractivity (Wildman–Crippen MR) is 52.4 cm³/mol. The number of rotatable bonds is 4. The van der Waals surface area contributed by atoms with Crippen molar-refractivity contribution in [2.75, 3.05) is 0 Å². The van der Waals surface area contributed by atoms with Crippen molar-refractivity contribution in [1.82, 2.24) is 0 Å². The molecule has 0 aliphatic heterocycles. The maximum atomic E-state index is 5.14. The second-order valence-electron chi connectivity index (χ2n) is 3.35. The molecule has 0 aromatic heterocycles. The highest BCUT2D eigenvalue weighted by Gasteiger charge is 2.18. The van der Waals surface area contributed by atoms with E-state index in [4.69, 9.17) is 4.84 Å². The monoisotopic (exact) mass is 175 g/mol. The molecule has 0 spiro atoms. The first-order valence-corrected chi connectivity index (χ1v) is 4.64. The minimum atomic E-state index is 0.573. The fraction of sp³-hybridized carbons (Fsp3) is 0.364. The molecule has 2 rings (SSSR count). The molecule has 0 bridgehead atoms. The summed E-state index contributed by atoms with van der Waals surface area (Å²) < 4.78 is 0. The van der Waals surface area contributed by atoms with Crippen LogP contribution in [0.1, 0.15) is 18.4 Å². The Hall–Kier alpha value is -1.31. The van der Waals surface area contributed by atoms with E-state index in [1.807, 2.05) is 36.5 Å². The van der Waals surface area contributed by atoms with Crippen LogP contribution >= 0.6 is 0 Å². The van der Waals surface area contributed by atoms with Crippen LogP contribution in [0.4, 0.5) is 0 Å². The topological polar surface area (TPSA) is 21.6 Å². The molecule has 0 unspecified atom stereocenters. The van der Waals surface area contributed by atoms with Gasteiger partial charge in [0.2, 0.25) is 0 Å². The van der Waals surface area contributed by atoms with Gasteiger partial charge in [0.05, 0.1) is 0 Å². The van der Waals surface area contributed by atoms with E-state index in [0.29, 0.717) is 12.5 Å². The van der Waals surface area contributed by atoms with Gasteiger partial charge in [0.1, 0.15) is 6.61 Å². The molecule has 0 atom stereocenters. The lowest BCUT2D eigenvalue weighted by Gasteiger charge is -1.97. The van der Waals surface area contributed by atoms with Gasteiger partial charge in [-0.05, 0) is 24.3 Å². The molecule has 1 fully saturated rings. The van der Waals surface area contributed by atoms with Crippen molar-refractivity contribution in [2.24, 2.45) is 11.1 Å². The van der Waals surface area contributed by atoms with Crippen LogP contribution in [0.25, 0.3) is 0 Å². The molecule has 0 saturated heterocycles. The zero-order chi connectivity index (χ0) is 8.93. The molecule has 0 radical (unpaired) electrons. The number of hydrogen-bond acceptors (Lipinski definition) is 2. The summed E-state index contributed by atoms with van der Waals surface area (Å²) in [6, 6.07) is 10.1. The molecule has 68 valence electrons. The summed E-state index contributed by atoms with van der Waals surface area (Å²) in [7, 11) is 0. The SMILES string of the molecule is C(=N/OCc1ccccc1)/C1CC1. The number of nitrogens with zero attached hydrogens (tertiary/aromatic N) is 1. The molecule has 0 amide bonds. The third-order valence-electron chi connectivity index (χ3n) is 2.04. The van der Waals surface area contributed by atoms with Crippen molar-refractivity contribution in [1.29, 1.82) is 0 Å². The Kier molecular flexibility index (Phi) is 2.60. The largest absolute Gasteiger partial charge is 0.391 e. The van der Waals surface area contributed by atoms with E-state index in [9.17, 15) is 0 Å². The maximum Gasteiger partial charge on any atom is 0.142 e. The third-order valence-corrected chi connectivity index (χ3v) is 2.04. The van der Waals surface area contributed by atoms with Gasteiger partial charge < -0.3 is 4.84 Å².